The van der Waals surface area contributed by atoms with Crippen LogP contribution in [0.3, 0.4) is 0 Å². The van der Waals surface area contributed by atoms with Gasteiger partial charge in [-0.05, 0) is 50.2 Å². The molecule has 0 aliphatic carbocycles. The number of alkyl halides is 1. The van der Waals surface area contributed by atoms with Crippen molar-refractivity contribution in [3.05, 3.63) is 66.1 Å². The van der Waals surface area contributed by atoms with Crippen LogP contribution < -0.4 is 16.4 Å². The molecule has 4 aromatic rings. The number of hydrogen-bond donors (Lipinski definition) is 4. The van der Waals surface area contributed by atoms with Crippen LogP contribution in [-0.4, -0.2) is 48.9 Å². The van der Waals surface area contributed by atoms with Gasteiger partial charge in [0, 0.05) is 6.20 Å². The van der Waals surface area contributed by atoms with Crippen molar-refractivity contribution in [2.75, 3.05) is 17.6 Å². The van der Waals surface area contributed by atoms with Crippen LogP contribution in [0.25, 0.3) is 16.9 Å². The van der Waals surface area contributed by atoms with Crippen LogP contribution in [0.1, 0.15) is 29.8 Å². The summed E-state index contributed by atoms with van der Waals surface area (Å²) in [7, 11) is 0. The standard InChI is InChI=1S/C24H23FN8O2/c1-24(2,35)21(25)13-30-23(34)17-12-28-19(8-18(17)32-15-3-6-22(27)29-11-15)20-5-4-16-7-14(9-26)10-31-33(16)20/h3-8,10-12,21,35H,13H2,1-2H3,(H2,27,29)(H,28,32)(H,30,34). The average Bonchev–Trinajstić information content (AvgIpc) is 3.26. The van der Waals surface area contributed by atoms with Crippen LogP contribution >= 0.6 is 0 Å². The Morgan fingerprint density at radius 3 is 2.71 bits per heavy atom. The van der Waals surface area contributed by atoms with Gasteiger partial charge in [0.05, 0.1) is 63.9 Å². The van der Waals surface area contributed by atoms with Crippen molar-refractivity contribution in [1.82, 2.24) is 24.9 Å². The van der Waals surface area contributed by atoms with Crippen molar-refractivity contribution < 1.29 is 14.3 Å². The number of halogens is 1. The first-order valence-electron chi connectivity index (χ1n) is 10.7. The maximum absolute atomic E-state index is 14.2. The Hall–Kier alpha value is -4.56. The number of hydrogen-bond acceptors (Lipinski definition) is 8. The fourth-order valence-corrected chi connectivity index (χ4v) is 3.30. The molecule has 0 bridgehead atoms. The lowest BCUT2D eigenvalue weighted by Crippen LogP contribution is -2.42. The monoisotopic (exact) mass is 474 g/mol. The quantitative estimate of drug-likeness (QED) is 0.319. The van der Waals surface area contributed by atoms with Crippen molar-refractivity contribution in [2.45, 2.75) is 25.6 Å². The molecule has 0 saturated carbocycles. The van der Waals surface area contributed by atoms with Gasteiger partial charge < -0.3 is 21.5 Å². The van der Waals surface area contributed by atoms with Gasteiger partial charge >= 0.3 is 0 Å². The van der Waals surface area contributed by atoms with Gasteiger partial charge in [0.2, 0.25) is 0 Å². The second kappa shape index (κ2) is 9.36. The van der Waals surface area contributed by atoms with Crippen LogP contribution in [0.4, 0.5) is 21.6 Å². The molecule has 1 amide bonds. The molecule has 1 unspecified atom stereocenters. The first-order valence-corrected chi connectivity index (χ1v) is 10.7. The van der Waals surface area contributed by atoms with E-state index in [1.165, 1.54) is 32.4 Å². The smallest absolute Gasteiger partial charge is 0.255 e. The van der Waals surface area contributed by atoms with Crippen molar-refractivity contribution in [3.8, 4) is 17.5 Å². The largest absolute Gasteiger partial charge is 0.387 e. The van der Waals surface area contributed by atoms with E-state index in [1.807, 2.05) is 0 Å². The topological polar surface area (TPSA) is 154 Å². The Labute approximate surface area is 200 Å². The summed E-state index contributed by atoms with van der Waals surface area (Å²) in [5.41, 5.74) is 7.47. The summed E-state index contributed by atoms with van der Waals surface area (Å²) in [5, 5.41) is 28.9. The minimum atomic E-state index is -1.66. The molecule has 178 valence electrons. The molecule has 0 aliphatic heterocycles. The van der Waals surface area contributed by atoms with Crippen molar-refractivity contribution in [3.63, 3.8) is 0 Å². The summed E-state index contributed by atoms with van der Waals surface area (Å²) < 4.78 is 15.8. The first kappa shape index (κ1) is 23.6. The number of fused-ring (bicyclic) bond motifs is 1. The highest BCUT2D eigenvalue weighted by atomic mass is 19.1. The Bertz CT molecular complexity index is 1420. The maximum Gasteiger partial charge on any atom is 0.255 e. The van der Waals surface area contributed by atoms with Crippen molar-refractivity contribution in [1.29, 1.82) is 5.26 Å². The predicted molar refractivity (Wildman–Crippen MR) is 129 cm³/mol. The van der Waals surface area contributed by atoms with Gasteiger partial charge in [-0.15, -0.1) is 0 Å². The van der Waals surface area contributed by atoms with E-state index in [4.69, 9.17) is 11.0 Å². The maximum atomic E-state index is 14.2. The zero-order valence-corrected chi connectivity index (χ0v) is 19.0. The molecule has 0 saturated heterocycles. The summed E-state index contributed by atoms with van der Waals surface area (Å²) in [6, 6.07) is 12.3. The van der Waals surface area contributed by atoms with E-state index in [0.717, 1.165) is 0 Å². The van der Waals surface area contributed by atoms with E-state index < -0.39 is 17.7 Å². The van der Waals surface area contributed by atoms with Gasteiger partial charge in [0.1, 0.15) is 18.1 Å². The minimum Gasteiger partial charge on any atom is -0.387 e. The van der Waals surface area contributed by atoms with Crippen LogP contribution in [0.2, 0.25) is 0 Å². The molecule has 11 heteroatoms. The Morgan fingerprint density at radius 2 is 2.03 bits per heavy atom. The number of nitriles is 1. The second-order valence-electron chi connectivity index (χ2n) is 8.45. The minimum absolute atomic E-state index is 0.161. The van der Waals surface area contributed by atoms with Gasteiger partial charge in [-0.2, -0.15) is 10.4 Å². The van der Waals surface area contributed by atoms with E-state index in [1.54, 1.807) is 40.9 Å². The van der Waals surface area contributed by atoms with Crippen LogP contribution in [0.15, 0.2) is 55.0 Å². The molecule has 0 aliphatic rings. The third kappa shape index (κ3) is 5.18. The Morgan fingerprint density at radius 1 is 1.23 bits per heavy atom. The van der Waals surface area contributed by atoms with Gasteiger partial charge in [-0.25, -0.2) is 13.9 Å². The summed E-state index contributed by atoms with van der Waals surface area (Å²) in [5.74, 6) is -0.231. The summed E-state index contributed by atoms with van der Waals surface area (Å²) in [4.78, 5) is 21.4. The van der Waals surface area contributed by atoms with Crippen molar-refractivity contribution >= 4 is 28.6 Å². The van der Waals surface area contributed by atoms with E-state index in [2.05, 4.69) is 31.8 Å². The number of aromatic nitrogens is 4. The number of nitrogen functional groups attached to an aromatic ring is 1. The highest BCUT2D eigenvalue weighted by molar-refractivity contribution is 6.00. The van der Waals surface area contributed by atoms with E-state index in [-0.39, 0.29) is 12.1 Å². The molecule has 4 heterocycles. The third-order valence-electron chi connectivity index (χ3n) is 5.31. The van der Waals surface area contributed by atoms with Crippen LogP contribution in [0, 0.1) is 11.3 Å². The number of carbonyl (C=O) groups is 1. The molecule has 0 fully saturated rings. The second-order valence-corrected chi connectivity index (χ2v) is 8.45. The number of anilines is 3. The highest BCUT2D eigenvalue weighted by Crippen LogP contribution is 2.28. The lowest BCUT2D eigenvalue weighted by molar-refractivity contribution is -0.00177. The van der Waals surface area contributed by atoms with Gasteiger partial charge in [0.15, 0.2) is 0 Å². The molecule has 4 aromatic heterocycles. The van der Waals surface area contributed by atoms with E-state index in [0.29, 0.717) is 39.7 Å². The molecular formula is C24H23FN8O2. The summed E-state index contributed by atoms with van der Waals surface area (Å²) in [6.07, 6.45) is 2.68. The summed E-state index contributed by atoms with van der Waals surface area (Å²) in [6.45, 7) is 2.29. The highest BCUT2D eigenvalue weighted by Gasteiger charge is 2.27. The molecular weight excluding hydrogens is 451 g/mol. The lowest BCUT2D eigenvalue weighted by atomic mass is 10.0. The van der Waals surface area contributed by atoms with E-state index >= 15 is 0 Å². The Balaban J connectivity index is 1.71. The Kier molecular flexibility index (Phi) is 6.31. The van der Waals surface area contributed by atoms with Crippen LogP contribution in [-0.2, 0) is 0 Å². The average molecular weight is 475 g/mol. The zero-order chi connectivity index (χ0) is 25.2. The molecule has 1 atom stereocenters. The number of rotatable bonds is 7. The number of pyridine rings is 2. The van der Waals surface area contributed by atoms with Gasteiger partial charge in [-0.1, -0.05) is 0 Å². The third-order valence-corrected chi connectivity index (χ3v) is 5.31. The number of amides is 1. The van der Waals surface area contributed by atoms with Crippen molar-refractivity contribution in [2.24, 2.45) is 0 Å². The molecule has 0 radical (unpaired) electrons. The molecule has 10 nitrogen and oxygen atoms in total. The molecule has 4 rings (SSSR count). The fraction of sp³-hybridized carbons (Fsp3) is 0.208. The van der Waals surface area contributed by atoms with E-state index in [9.17, 15) is 14.3 Å². The molecule has 5 N–H and O–H groups in total. The zero-order valence-electron chi connectivity index (χ0n) is 19.0. The molecule has 0 aromatic carbocycles. The lowest BCUT2D eigenvalue weighted by Gasteiger charge is -2.22. The fourth-order valence-electron chi connectivity index (χ4n) is 3.30. The number of nitrogens with two attached hydrogens (primary N) is 1. The molecule has 0 spiro atoms. The number of aliphatic hydroxyl groups is 1. The molecule has 35 heavy (non-hydrogen) atoms. The predicted octanol–water partition coefficient (Wildman–Crippen LogP) is 2.83. The van der Waals surface area contributed by atoms with Crippen LogP contribution in [0.5, 0.6) is 0 Å². The number of carbonyl (C=O) groups excluding carboxylic acids is 1. The summed E-state index contributed by atoms with van der Waals surface area (Å²) >= 11 is 0. The first-order chi connectivity index (χ1) is 16.7. The normalized spacial score (nSPS) is 12.2. The van der Waals surface area contributed by atoms with Gasteiger partial charge in [-0.3, -0.25) is 9.78 Å². The SMILES string of the molecule is CC(C)(O)C(F)CNC(=O)c1cnc(-c2ccc3cc(C#N)cnn23)cc1Nc1ccc(N)nc1. The number of nitrogens with one attached hydrogen (secondary N) is 2. The number of nitrogens with zero attached hydrogens (tertiary/aromatic N) is 5. The van der Waals surface area contributed by atoms with Gasteiger partial charge in [0.25, 0.3) is 5.91 Å².